The SMILES string of the molecule is CC(C)C1C=C(C(C)(C)C)CN1. The van der Waals surface area contributed by atoms with E-state index in [4.69, 9.17) is 0 Å². The van der Waals surface area contributed by atoms with Gasteiger partial charge in [0.2, 0.25) is 0 Å². The van der Waals surface area contributed by atoms with Crippen LogP contribution in [-0.4, -0.2) is 12.6 Å². The van der Waals surface area contributed by atoms with Crippen molar-refractivity contribution in [1.82, 2.24) is 5.32 Å². The summed E-state index contributed by atoms with van der Waals surface area (Å²) in [6.07, 6.45) is 2.41. The molecule has 0 radical (unpaired) electrons. The van der Waals surface area contributed by atoms with E-state index in [1.165, 1.54) is 0 Å². The molecule has 1 atom stereocenters. The Morgan fingerprint density at radius 2 is 2.00 bits per heavy atom. The summed E-state index contributed by atoms with van der Waals surface area (Å²) in [6, 6.07) is 0.597. The van der Waals surface area contributed by atoms with Crippen molar-refractivity contribution in [2.24, 2.45) is 11.3 Å². The second kappa shape index (κ2) is 3.21. The highest BCUT2D eigenvalue weighted by atomic mass is 14.9. The van der Waals surface area contributed by atoms with Crippen LogP contribution < -0.4 is 5.32 Å². The molecule has 1 aliphatic rings. The fraction of sp³-hybridized carbons (Fsp3) is 0.818. The molecule has 12 heavy (non-hydrogen) atoms. The predicted molar refractivity (Wildman–Crippen MR) is 54.2 cm³/mol. The molecule has 0 bridgehead atoms. The first-order valence-electron chi connectivity index (χ1n) is 4.86. The summed E-state index contributed by atoms with van der Waals surface area (Å²) in [4.78, 5) is 0. The van der Waals surface area contributed by atoms with E-state index in [-0.39, 0.29) is 0 Å². The molecule has 1 aliphatic heterocycles. The van der Waals surface area contributed by atoms with Crippen molar-refractivity contribution in [2.45, 2.75) is 40.7 Å². The number of nitrogens with one attached hydrogen (secondary N) is 1. The lowest BCUT2D eigenvalue weighted by Gasteiger charge is -2.19. The molecule has 0 saturated carbocycles. The summed E-state index contributed by atoms with van der Waals surface area (Å²) >= 11 is 0. The summed E-state index contributed by atoms with van der Waals surface area (Å²) < 4.78 is 0. The van der Waals surface area contributed by atoms with Gasteiger partial charge in [0.25, 0.3) is 0 Å². The molecule has 1 N–H and O–H groups in total. The zero-order chi connectivity index (χ0) is 9.35. The topological polar surface area (TPSA) is 12.0 Å². The maximum atomic E-state index is 3.52. The summed E-state index contributed by atoms with van der Waals surface area (Å²) in [6.45, 7) is 12.4. The normalized spacial score (nSPS) is 24.8. The Hall–Kier alpha value is -0.300. The summed E-state index contributed by atoms with van der Waals surface area (Å²) in [5.41, 5.74) is 1.90. The highest BCUT2D eigenvalue weighted by molar-refractivity contribution is 5.21. The Morgan fingerprint density at radius 1 is 1.42 bits per heavy atom. The Labute approximate surface area is 76.2 Å². The van der Waals surface area contributed by atoms with E-state index in [1.54, 1.807) is 5.57 Å². The van der Waals surface area contributed by atoms with E-state index in [0.717, 1.165) is 6.54 Å². The van der Waals surface area contributed by atoms with Crippen LogP contribution in [0.5, 0.6) is 0 Å². The maximum Gasteiger partial charge on any atom is 0.0279 e. The van der Waals surface area contributed by atoms with Gasteiger partial charge in [-0.3, -0.25) is 0 Å². The van der Waals surface area contributed by atoms with Crippen molar-refractivity contribution in [2.75, 3.05) is 6.54 Å². The molecule has 0 fully saturated rings. The fourth-order valence-corrected chi connectivity index (χ4v) is 1.51. The minimum atomic E-state index is 0.344. The molecule has 0 aromatic heterocycles. The van der Waals surface area contributed by atoms with Gasteiger partial charge in [-0.15, -0.1) is 0 Å². The smallest absolute Gasteiger partial charge is 0.0279 e. The third-order valence-corrected chi connectivity index (χ3v) is 2.59. The van der Waals surface area contributed by atoms with E-state index in [1.807, 2.05) is 0 Å². The van der Waals surface area contributed by atoms with Gasteiger partial charge in [-0.1, -0.05) is 46.3 Å². The first-order valence-corrected chi connectivity index (χ1v) is 4.86. The Bertz CT molecular complexity index is 184. The zero-order valence-corrected chi connectivity index (χ0v) is 8.94. The van der Waals surface area contributed by atoms with Crippen LogP contribution in [0.1, 0.15) is 34.6 Å². The highest BCUT2D eigenvalue weighted by Crippen LogP contribution is 2.28. The minimum absolute atomic E-state index is 0.344. The number of rotatable bonds is 1. The fourth-order valence-electron chi connectivity index (χ4n) is 1.51. The van der Waals surface area contributed by atoms with Crippen molar-refractivity contribution in [3.05, 3.63) is 11.6 Å². The molecule has 1 heterocycles. The quantitative estimate of drug-likeness (QED) is 0.592. The standard InChI is InChI=1S/C11H21N/c1-8(2)10-6-9(7-12-10)11(3,4)5/h6,8,10,12H,7H2,1-5H3. The molecule has 1 unspecified atom stereocenters. The van der Waals surface area contributed by atoms with Gasteiger partial charge in [0.15, 0.2) is 0 Å². The lowest BCUT2D eigenvalue weighted by molar-refractivity contribution is 0.480. The van der Waals surface area contributed by atoms with Crippen molar-refractivity contribution in [3.8, 4) is 0 Å². The summed E-state index contributed by atoms with van der Waals surface area (Å²) in [7, 11) is 0. The molecule has 1 nitrogen and oxygen atoms in total. The number of hydrogen-bond acceptors (Lipinski definition) is 1. The van der Waals surface area contributed by atoms with E-state index < -0.39 is 0 Å². The van der Waals surface area contributed by atoms with Gasteiger partial charge in [-0.25, -0.2) is 0 Å². The third-order valence-electron chi connectivity index (χ3n) is 2.59. The lowest BCUT2D eigenvalue weighted by atomic mass is 9.86. The zero-order valence-electron chi connectivity index (χ0n) is 8.94. The average molecular weight is 167 g/mol. The van der Waals surface area contributed by atoms with Crippen LogP contribution in [0.4, 0.5) is 0 Å². The molecule has 0 aromatic carbocycles. The van der Waals surface area contributed by atoms with Crippen LogP contribution >= 0.6 is 0 Å². The van der Waals surface area contributed by atoms with Gasteiger partial charge in [0.05, 0.1) is 0 Å². The average Bonchev–Trinajstić information content (AvgIpc) is 2.30. The first kappa shape index (κ1) is 9.79. The Kier molecular flexibility index (Phi) is 2.62. The molecule has 0 spiro atoms. The highest BCUT2D eigenvalue weighted by Gasteiger charge is 2.24. The van der Waals surface area contributed by atoms with E-state index in [2.05, 4.69) is 46.0 Å². The van der Waals surface area contributed by atoms with Crippen LogP contribution in [0.15, 0.2) is 11.6 Å². The first-order chi connectivity index (χ1) is 5.41. The molecule has 1 rings (SSSR count). The van der Waals surface area contributed by atoms with E-state index >= 15 is 0 Å². The molecule has 70 valence electrons. The predicted octanol–water partition coefficient (Wildman–Crippen LogP) is 2.59. The van der Waals surface area contributed by atoms with Gasteiger partial charge >= 0.3 is 0 Å². The van der Waals surface area contributed by atoms with Crippen LogP contribution in [0.25, 0.3) is 0 Å². The van der Waals surface area contributed by atoms with Gasteiger partial charge in [-0.05, 0) is 11.3 Å². The molecular weight excluding hydrogens is 146 g/mol. The van der Waals surface area contributed by atoms with E-state index in [0.29, 0.717) is 17.4 Å². The van der Waals surface area contributed by atoms with Crippen molar-refractivity contribution in [1.29, 1.82) is 0 Å². The largest absolute Gasteiger partial charge is 0.307 e. The van der Waals surface area contributed by atoms with Gasteiger partial charge in [-0.2, -0.15) is 0 Å². The minimum Gasteiger partial charge on any atom is -0.307 e. The maximum absolute atomic E-state index is 3.52. The van der Waals surface area contributed by atoms with Crippen molar-refractivity contribution in [3.63, 3.8) is 0 Å². The van der Waals surface area contributed by atoms with Crippen LogP contribution in [0.2, 0.25) is 0 Å². The van der Waals surface area contributed by atoms with E-state index in [9.17, 15) is 0 Å². The molecule has 0 saturated heterocycles. The van der Waals surface area contributed by atoms with Gasteiger partial charge < -0.3 is 5.32 Å². The van der Waals surface area contributed by atoms with Gasteiger partial charge in [0.1, 0.15) is 0 Å². The monoisotopic (exact) mass is 167 g/mol. The lowest BCUT2D eigenvalue weighted by Crippen LogP contribution is -2.27. The second-order valence-electron chi connectivity index (χ2n) is 5.09. The number of hydrogen-bond donors (Lipinski definition) is 1. The summed E-state index contributed by atoms with van der Waals surface area (Å²) in [5, 5.41) is 3.52. The molecular formula is C11H21N. The molecule has 1 heteroatoms. The van der Waals surface area contributed by atoms with Gasteiger partial charge in [0, 0.05) is 12.6 Å². The molecule has 0 aromatic rings. The Balaban J connectivity index is 2.66. The van der Waals surface area contributed by atoms with Crippen molar-refractivity contribution < 1.29 is 0 Å². The second-order valence-corrected chi connectivity index (χ2v) is 5.09. The van der Waals surface area contributed by atoms with Crippen LogP contribution in [0.3, 0.4) is 0 Å². The molecule has 0 amide bonds. The van der Waals surface area contributed by atoms with Crippen LogP contribution in [0, 0.1) is 11.3 Å². The summed E-state index contributed by atoms with van der Waals surface area (Å²) in [5.74, 6) is 0.713. The van der Waals surface area contributed by atoms with Crippen LogP contribution in [-0.2, 0) is 0 Å². The Morgan fingerprint density at radius 3 is 2.25 bits per heavy atom. The molecule has 0 aliphatic carbocycles. The van der Waals surface area contributed by atoms with Crippen molar-refractivity contribution >= 4 is 0 Å². The third kappa shape index (κ3) is 2.10.